The second kappa shape index (κ2) is 25.8. The van der Waals surface area contributed by atoms with E-state index in [0.29, 0.717) is 0 Å². The van der Waals surface area contributed by atoms with Gasteiger partial charge in [0.2, 0.25) is 0 Å². The summed E-state index contributed by atoms with van der Waals surface area (Å²) in [5.41, 5.74) is 0.793. The van der Waals surface area contributed by atoms with Crippen LogP contribution in [0.15, 0.2) is 36.0 Å². The van der Waals surface area contributed by atoms with Crippen molar-refractivity contribution >= 4 is 5.97 Å². The molecule has 0 aromatic heterocycles. The lowest BCUT2D eigenvalue weighted by Crippen LogP contribution is -2.34. The Kier molecular flexibility index (Phi) is 21.9. The number of aliphatic hydroxyl groups excluding tert-OH is 1. The first-order valence-electron chi connectivity index (χ1n) is 19.4. The molecule has 0 aliphatic carbocycles. The Labute approximate surface area is 302 Å². The SMILES string of the molecule is CCCC[C@H](O)CCCCC[C@H](OCOC)[C@H]1CC[C@H]([C@H]2CC[C@H]([C@@H](/C=C/CCCC#C/C=C/CCCC3=C[C@H](C)OC3=O)OCOC)O2)O1. The number of carbonyl (C=O) groups is 1. The molecule has 3 aliphatic rings. The van der Waals surface area contributed by atoms with Crippen molar-refractivity contribution in [2.45, 2.75) is 178 Å². The first-order chi connectivity index (χ1) is 24.4. The lowest BCUT2D eigenvalue weighted by molar-refractivity contribution is -0.151. The molecule has 9 heteroatoms. The predicted molar refractivity (Wildman–Crippen MR) is 195 cm³/mol. The molecule has 284 valence electrons. The van der Waals surface area contributed by atoms with Gasteiger partial charge in [-0.2, -0.15) is 0 Å². The largest absolute Gasteiger partial charge is 0.455 e. The Bertz CT molecular complexity index is 1080. The summed E-state index contributed by atoms with van der Waals surface area (Å²) >= 11 is 0. The number of hydrogen-bond donors (Lipinski definition) is 1. The summed E-state index contributed by atoms with van der Waals surface area (Å²) in [5.74, 6) is 6.17. The van der Waals surface area contributed by atoms with Crippen LogP contribution < -0.4 is 0 Å². The first kappa shape index (κ1) is 42.4. The minimum absolute atomic E-state index is 0.000922. The smallest absolute Gasteiger partial charge is 0.334 e. The normalized spacial score (nSPS) is 25.6. The number of unbranched alkanes of at least 4 members (excludes halogenated alkanes) is 6. The maximum Gasteiger partial charge on any atom is 0.334 e. The third-order valence-corrected chi connectivity index (χ3v) is 9.67. The number of hydrogen-bond acceptors (Lipinski definition) is 9. The highest BCUT2D eigenvalue weighted by atomic mass is 16.7. The minimum atomic E-state index is -0.175. The molecule has 3 heterocycles. The fourth-order valence-electron chi connectivity index (χ4n) is 6.93. The molecule has 1 N–H and O–H groups in total. The van der Waals surface area contributed by atoms with Gasteiger partial charge in [0, 0.05) is 26.2 Å². The van der Waals surface area contributed by atoms with Crippen molar-refractivity contribution in [1.29, 1.82) is 0 Å². The quantitative estimate of drug-likeness (QED) is 0.0317. The number of allylic oxidation sites excluding steroid dienone is 3. The molecular formula is C41H66O9. The Morgan fingerprint density at radius 2 is 1.58 bits per heavy atom. The van der Waals surface area contributed by atoms with Gasteiger partial charge in [-0.15, -0.1) is 0 Å². The molecule has 2 saturated heterocycles. The monoisotopic (exact) mass is 702 g/mol. The van der Waals surface area contributed by atoms with Gasteiger partial charge >= 0.3 is 5.97 Å². The van der Waals surface area contributed by atoms with Gasteiger partial charge in [0.15, 0.2) is 0 Å². The summed E-state index contributed by atoms with van der Waals surface area (Å²) in [7, 11) is 3.30. The van der Waals surface area contributed by atoms with E-state index in [0.717, 1.165) is 121 Å². The average Bonchev–Trinajstić information content (AvgIpc) is 3.87. The van der Waals surface area contributed by atoms with Gasteiger partial charge in [0.25, 0.3) is 0 Å². The van der Waals surface area contributed by atoms with Gasteiger partial charge in [-0.25, -0.2) is 4.79 Å². The average molecular weight is 703 g/mol. The molecule has 8 atom stereocenters. The number of cyclic esters (lactones) is 1. The van der Waals surface area contributed by atoms with Crippen molar-refractivity contribution < 1.29 is 43.1 Å². The van der Waals surface area contributed by atoms with Gasteiger partial charge in [0.1, 0.15) is 25.8 Å². The van der Waals surface area contributed by atoms with E-state index in [-0.39, 0.29) is 68.4 Å². The van der Waals surface area contributed by atoms with Gasteiger partial charge in [-0.05, 0) is 96.1 Å². The van der Waals surface area contributed by atoms with Gasteiger partial charge in [-0.1, -0.05) is 69.1 Å². The lowest BCUT2D eigenvalue weighted by Gasteiger charge is -2.26. The Hall–Kier alpha value is -2.03. The zero-order valence-corrected chi connectivity index (χ0v) is 31.4. The third-order valence-electron chi connectivity index (χ3n) is 9.67. The minimum Gasteiger partial charge on any atom is -0.455 e. The molecule has 9 nitrogen and oxygen atoms in total. The molecular weight excluding hydrogens is 636 g/mol. The van der Waals surface area contributed by atoms with Crippen LogP contribution >= 0.6 is 0 Å². The van der Waals surface area contributed by atoms with Crippen LogP contribution in [0.2, 0.25) is 0 Å². The highest BCUT2D eigenvalue weighted by Gasteiger charge is 2.41. The zero-order chi connectivity index (χ0) is 35.8. The van der Waals surface area contributed by atoms with E-state index in [4.69, 9.17) is 33.2 Å². The molecule has 0 aromatic carbocycles. The second-order valence-corrected chi connectivity index (χ2v) is 13.9. The van der Waals surface area contributed by atoms with E-state index in [1.165, 1.54) is 0 Å². The highest BCUT2D eigenvalue weighted by Crippen LogP contribution is 2.35. The Balaban J connectivity index is 1.34. The summed E-state index contributed by atoms with van der Waals surface area (Å²) in [6.45, 7) is 4.53. The second-order valence-electron chi connectivity index (χ2n) is 13.9. The molecule has 0 spiro atoms. The Morgan fingerprint density at radius 3 is 2.32 bits per heavy atom. The molecule has 0 unspecified atom stereocenters. The van der Waals surface area contributed by atoms with E-state index >= 15 is 0 Å². The van der Waals surface area contributed by atoms with E-state index in [1.54, 1.807) is 14.2 Å². The summed E-state index contributed by atoms with van der Waals surface area (Å²) in [4.78, 5) is 11.7. The summed E-state index contributed by atoms with van der Waals surface area (Å²) in [6, 6.07) is 0. The molecule has 3 rings (SSSR count). The fourth-order valence-corrected chi connectivity index (χ4v) is 6.93. The van der Waals surface area contributed by atoms with Crippen molar-refractivity contribution in [3.63, 3.8) is 0 Å². The van der Waals surface area contributed by atoms with Crippen LogP contribution in [0.25, 0.3) is 0 Å². The number of methoxy groups -OCH3 is 2. The van der Waals surface area contributed by atoms with Crippen molar-refractivity contribution in [3.05, 3.63) is 36.0 Å². The van der Waals surface area contributed by atoms with E-state index in [9.17, 15) is 9.90 Å². The molecule has 0 bridgehead atoms. The van der Waals surface area contributed by atoms with Crippen LogP contribution in [0.1, 0.15) is 129 Å². The molecule has 0 aromatic rings. The standard InChI is InChI=1S/C41H66O9/c1-5-6-21-34(42)22-17-15-19-24-36(47-31-45-4)38-26-28-40(50-38)39-27-25-37(49-39)35(46-30-44-3)23-18-14-12-10-8-7-9-11-13-16-20-33-29-32(2)48-41(33)43/h9,11,18,23,29,32,34-40,42H,5-6,10,12-17,19-22,24-28,30-31H2,1-4H3/b11-9+,23-18+/t32-,34-,35+,36-,37+,38+,39+,40+/m0/s1. The van der Waals surface area contributed by atoms with Crippen LogP contribution in [0, 0.1) is 11.8 Å². The van der Waals surface area contributed by atoms with E-state index in [1.807, 2.05) is 19.1 Å². The van der Waals surface area contributed by atoms with E-state index in [2.05, 4.69) is 37.0 Å². The maximum atomic E-state index is 11.7. The Morgan fingerprint density at radius 1 is 0.880 bits per heavy atom. The number of esters is 1. The molecule has 0 amide bonds. The van der Waals surface area contributed by atoms with Gasteiger partial charge in [-0.3, -0.25) is 0 Å². The first-order valence-corrected chi connectivity index (χ1v) is 19.4. The molecule has 2 fully saturated rings. The molecule has 3 aliphatic heterocycles. The van der Waals surface area contributed by atoms with Crippen LogP contribution in [0.3, 0.4) is 0 Å². The zero-order valence-electron chi connectivity index (χ0n) is 31.4. The van der Waals surface area contributed by atoms with Crippen molar-refractivity contribution in [2.75, 3.05) is 27.8 Å². The third kappa shape index (κ3) is 16.5. The number of aliphatic hydroxyl groups is 1. The topological polar surface area (TPSA) is 102 Å². The lowest BCUT2D eigenvalue weighted by atomic mass is 10.0. The van der Waals surface area contributed by atoms with Crippen LogP contribution in [-0.4, -0.2) is 87.7 Å². The van der Waals surface area contributed by atoms with Gasteiger partial charge < -0.3 is 38.3 Å². The van der Waals surface area contributed by atoms with Crippen molar-refractivity contribution in [2.24, 2.45) is 0 Å². The summed E-state index contributed by atoms with van der Waals surface area (Å²) < 4.78 is 40.9. The molecule has 0 radical (unpaired) electrons. The number of carbonyl (C=O) groups excluding carboxylic acids is 1. The predicted octanol–water partition coefficient (Wildman–Crippen LogP) is 7.89. The van der Waals surface area contributed by atoms with Crippen molar-refractivity contribution in [1.82, 2.24) is 0 Å². The molecule has 50 heavy (non-hydrogen) atoms. The van der Waals surface area contributed by atoms with Crippen LogP contribution in [-0.2, 0) is 38.0 Å². The van der Waals surface area contributed by atoms with Gasteiger partial charge in [0.05, 0.1) is 36.6 Å². The number of ether oxygens (including phenoxy) is 7. The van der Waals surface area contributed by atoms with Crippen molar-refractivity contribution in [3.8, 4) is 11.8 Å². The van der Waals surface area contributed by atoms with Crippen LogP contribution in [0.5, 0.6) is 0 Å². The fraction of sp³-hybridized carbons (Fsp3) is 0.780. The number of rotatable bonds is 26. The summed E-state index contributed by atoms with van der Waals surface area (Å²) in [6.07, 6.45) is 27.0. The maximum absolute atomic E-state index is 11.7. The summed E-state index contributed by atoms with van der Waals surface area (Å²) in [5, 5.41) is 10.1. The van der Waals surface area contributed by atoms with Crippen LogP contribution in [0.4, 0.5) is 0 Å². The molecule has 0 saturated carbocycles. The van der Waals surface area contributed by atoms with E-state index < -0.39 is 0 Å². The highest BCUT2D eigenvalue weighted by molar-refractivity contribution is 5.90.